The Labute approximate surface area is 140 Å². The number of rotatable bonds is 1. The number of hydrogen-bond acceptors (Lipinski definition) is 2. The second kappa shape index (κ2) is 5.05. The SMILES string of the molecule is CC(=O)C1=CC[C@@H]2[C@H]3CC=C4C[C@@H](O)CC[C@]4(C)[C@@H]3CC[C@]12C. The Balaban J connectivity index is 1.67. The minimum atomic E-state index is -0.128. The lowest BCUT2D eigenvalue weighted by molar-refractivity contribution is -0.115. The number of Topliss-reactive ketones (excluding diaryl/α,β-unsaturated/α-hetero) is 1. The molecule has 23 heavy (non-hydrogen) atoms. The maximum atomic E-state index is 12.1. The minimum absolute atomic E-state index is 0.114. The van der Waals surface area contributed by atoms with Crippen molar-refractivity contribution >= 4 is 5.78 Å². The molecule has 0 bridgehead atoms. The summed E-state index contributed by atoms with van der Waals surface area (Å²) in [6.07, 6.45) is 12.2. The van der Waals surface area contributed by atoms with Gasteiger partial charge >= 0.3 is 0 Å². The van der Waals surface area contributed by atoms with Crippen molar-refractivity contribution in [1.82, 2.24) is 0 Å². The largest absolute Gasteiger partial charge is 0.393 e. The van der Waals surface area contributed by atoms with E-state index in [1.165, 1.54) is 12.0 Å². The third kappa shape index (κ3) is 2.06. The van der Waals surface area contributed by atoms with Gasteiger partial charge in [-0.3, -0.25) is 4.79 Å². The van der Waals surface area contributed by atoms with Crippen LogP contribution in [0.25, 0.3) is 0 Å². The van der Waals surface area contributed by atoms with Crippen molar-refractivity contribution in [2.75, 3.05) is 0 Å². The van der Waals surface area contributed by atoms with Gasteiger partial charge in [-0.05, 0) is 86.0 Å². The van der Waals surface area contributed by atoms with Crippen molar-refractivity contribution in [3.8, 4) is 0 Å². The highest BCUT2D eigenvalue weighted by Gasteiger charge is 2.57. The summed E-state index contributed by atoms with van der Waals surface area (Å²) in [7, 11) is 0. The number of allylic oxidation sites excluding steroid dienone is 3. The maximum absolute atomic E-state index is 12.1. The molecule has 4 rings (SSSR count). The lowest BCUT2D eigenvalue weighted by Crippen LogP contribution is -2.50. The summed E-state index contributed by atoms with van der Waals surface area (Å²) in [6, 6.07) is 0. The highest BCUT2D eigenvalue weighted by atomic mass is 16.3. The van der Waals surface area contributed by atoms with Crippen LogP contribution < -0.4 is 0 Å². The van der Waals surface area contributed by atoms with Crippen molar-refractivity contribution in [3.63, 3.8) is 0 Å². The van der Waals surface area contributed by atoms with Crippen LogP contribution in [-0.2, 0) is 4.79 Å². The molecule has 0 unspecified atom stereocenters. The predicted molar refractivity (Wildman–Crippen MR) is 91.9 cm³/mol. The summed E-state index contributed by atoms with van der Waals surface area (Å²) >= 11 is 0. The number of carbonyl (C=O) groups excluding carboxylic acids is 1. The van der Waals surface area contributed by atoms with E-state index >= 15 is 0 Å². The smallest absolute Gasteiger partial charge is 0.156 e. The molecule has 0 aromatic heterocycles. The van der Waals surface area contributed by atoms with E-state index in [-0.39, 0.29) is 17.3 Å². The molecule has 1 N–H and O–H groups in total. The van der Waals surface area contributed by atoms with Crippen molar-refractivity contribution in [2.24, 2.45) is 28.6 Å². The van der Waals surface area contributed by atoms with Gasteiger partial charge in [-0.15, -0.1) is 0 Å². The number of hydrogen-bond donors (Lipinski definition) is 1. The Morgan fingerprint density at radius 1 is 1.09 bits per heavy atom. The van der Waals surface area contributed by atoms with E-state index in [1.807, 2.05) is 0 Å². The summed E-state index contributed by atoms with van der Waals surface area (Å²) in [5, 5.41) is 10.1. The zero-order valence-corrected chi connectivity index (χ0v) is 14.8. The van der Waals surface area contributed by atoms with Crippen LogP contribution >= 0.6 is 0 Å². The molecular formula is C21H30O2. The molecule has 0 aromatic carbocycles. The predicted octanol–water partition coefficient (Wildman–Crippen LogP) is 4.44. The van der Waals surface area contributed by atoms with Gasteiger partial charge in [-0.2, -0.15) is 0 Å². The van der Waals surface area contributed by atoms with Crippen LogP contribution in [0.3, 0.4) is 0 Å². The Morgan fingerprint density at radius 2 is 1.83 bits per heavy atom. The standard InChI is InChI=1S/C21H30O2/c1-13(22)17-6-7-18-16-5-4-14-12-15(23)8-10-20(14,2)19(16)9-11-21(17,18)3/h4,6,15-16,18-19,23H,5,7-12H2,1-3H3/t15-,16+,18+,19+,20-,21+/m0/s1. The first-order valence-electron chi connectivity index (χ1n) is 9.45. The monoisotopic (exact) mass is 314 g/mol. The van der Waals surface area contributed by atoms with Crippen LogP contribution in [0.1, 0.15) is 65.7 Å². The van der Waals surface area contributed by atoms with E-state index in [0.717, 1.165) is 50.0 Å². The fourth-order valence-electron chi connectivity index (χ4n) is 6.75. The van der Waals surface area contributed by atoms with Crippen LogP contribution in [0.4, 0.5) is 0 Å². The van der Waals surface area contributed by atoms with Gasteiger partial charge in [0.25, 0.3) is 0 Å². The molecule has 2 heteroatoms. The van der Waals surface area contributed by atoms with Crippen LogP contribution in [0.15, 0.2) is 23.3 Å². The van der Waals surface area contributed by atoms with Gasteiger partial charge in [-0.25, -0.2) is 0 Å². The van der Waals surface area contributed by atoms with E-state index in [0.29, 0.717) is 17.3 Å². The molecule has 0 amide bonds. The topological polar surface area (TPSA) is 37.3 Å². The number of fused-ring (bicyclic) bond motifs is 5. The molecule has 6 atom stereocenters. The molecule has 2 saturated carbocycles. The van der Waals surface area contributed by atoms with Crippen molar-refractivity contribution in [1.29, 1.82) is 0 Å². The third-order valence-corrected chi connectivity index (χ3v) is 8.04. The molecule has 0 aromatic rings. The number of ketones is 1. The molecule has 0 saturated heterocycles. The van der Waals surface area contributed by atoms with Crippen molar-refractivity contribution in [3.05, 3.63) is 23.3 Å². The first-order chi connectivity index (χ1) is 10.9. The van der Waals surface area contributed by atoms with Crippen molar-refractivity contribution in [2.45, 2.75) is 71.8 Å². The maximum Gasteiger partial charge on any atom is 0.156 e. The average Bonchev–Trinajstić information content (AvgIpc) is 2.85. The van der Waals surface area contributed by atoms with Gasteiger partial charge < -0.3 is 5.11 Å². The second-order valence-electron chi connectivity index (χ2n) is 9.02. The fraction of sp³-hybridized carbons (Fsp3) is 0.762. The zero-order valence-electron chi connectivity index (χ0n) is 14.8. The summed E-state index contributed by atoms with van der Waals surface area (Å²) in [5.41, 5.74) is 3.05. The van der Waals surface area contributed by atoms with Gasteiger partial charge in [0.1, 0.15) is 0 Å². The molecule has 4 aliphatic rings. The van der Waals surface area contributed by atoms with Gasteiger partial charge in [0.2, 0.25) is 0 Å². The lowest BCUT2D eigenvalue weighted by atomic mass is 9.47. The first kappa shape index (κ1) is 15.6. The normalized spacial score (nSPS) is 48.7. The molecule has 0 aliphatic heterocycles. The Hall–Kier alpha value is -0.890. The van der Waals surface area contributed by atoms with E-state index < -0.39 is 0 Å². The van der Waals surface area contributed by atoms with E-state index in [9.17, 15) is 9.90 Å². The molecule has 2 fully saturated rings. The van der Waals surface area contributed by atoms with E-state index in [2.05, 4.69) is 26.0 Å². The van der Waals surface area contributed by atoms with Gasteiger partial charge in [0.05, 0.1) is 6.10 Å². The third-order valence-electron chi connectivity index (χ3n) is 8.04. The van der Waals surface area contributed by atoms with E-state index in [1.54, 1.807) is 6.92 Å². The number of aliphatic hydroxyl groups excluding tert-OH is 1. The molecular weight excluding hydrogens is 284 g/mol. The molecule has 4 aliphatic carbocycles. The molecule has 0 radical (unpaired) electrons. The molecule has 0 spiro atoms. The Bertz CT molecular complexity index is 601. The highest BCUT2D eigenvalue weighted by Crippen LogP contribution is 2.64. The zero-order chi connectivity index (χ0) is 16.4. The van der Waals surface area contributed by atoms with Crippen LogP contribution in [0, 0.1) is 28.6 Å². The van der Waals surface area contributed by atoms with Crippen molar-refractivity contribution < 1.29 is 9.90 Å². The van der Waals surface area contributed by atoms with Crippen LogP contribution in [0.5, 0.6) is 0 Å². The number of aliphatic hydroxyl groups is 1. The summed E-state index contributed by atoms with van der Waals surface area (Å²) in [4.78, 5) is 12.1. The summed E-state index contributed by atoms with van der Waals surface area (Å²) in [5.74, 6) is 2.38. The Morgan fingerprint density at radius 3 is 2.57 bits per heavy atom. The molecule has 2 nitrogen and oxygen atoms in total. The quantitative estimate of drug-likeness (QED) is 0.727. The van der Waals surface area contributed by atoms with Gasteiger partial charge in [0.15, 0.2) is 5.78 Å². The first-order valence-corrected chi connectivity index (χ1v) is 9.45. The summed E-state index contributed by atoms with van der Waals surface area (Å²) in [6.45, 7) is 6.55. The molecule has 126 valence electrons. The van der Waals surface area contributed by atoms with Gasteiger partial charge in [0, 0.05) is 0 Å². The second-order valence-corrected chi connectivity index (χ2v) is 9.02. The minimum Gasteiger partial charge on any atom is -0.393 e. The summed E-state index contributed by atoms with van der Waals surface area (Å²) < 4.78 is 0. The highest BCUT2D eigenvalue weighted by molar-refractivity contribution is 5.95. The van der Waals surface area contributed by atoms with Crippen LogP contribution in [0.2, 0.25) is 0 Å². The average molecular weight is 314 g/mol. The fourth-order valence-corrected chi connectivity index (χ4v) is 6.75. The van der Waals surface area contributed by atoms with Gasteiger partial charge in [-0.1, -0.05) is 31.6 Å². The van der Waals surface area contributed by atoms with E-state index in [4.69, 9.17) is 0 Å². The number of carbonyl (C=O) groups is 1. The van der Waals surface area contributed by atoms with Crippen LogP contribution in [-0.4, -0.2) is 17.0 Å². The lowest BCUT2D eigenvalue weighted by Gasteiger charge is -2.57. The Kier molecular flexibility index (Phi) is 3.43. The molecule has 0 heterocycles.